The van der Waals surface area contributed by atoms with Gasteiger partial charge in [0.2, 0.25) is 5.95 Å². The van der Waals surface area contributed by atoms with Gasteiger partial charge in [0.05, 0.1) is 22.9 Å². The van der Waals surface area contributed by atoms with E-state index in [9.17, 15) is 4.39 Å². The van der Waals surface area contributed by atoms with E-state index >= 15 is 0 Å². The van der Waals surface area contributed by atoms with Crippen molar-refractivity contribution in [2.75, 3.05) is 24.3 Å². The number of rotatable bonds is 4. The normalized spacial score (nSPS) is 10.7. The highest BCUT2D eigenvalue weighted by Crippen LogP contribution is 2.24. The fourth-order valence-corrected chi connectivity index (χ4v) is 2.49. The fraction of sp³-hybridized carbons (Fsp3) is 0.357. The molecule has 0 spiro atoms. The average Bonchev–Trinajstić information content (AvgIpc) is 2.74. The first-order valence-corrected chi connectivity index (χ1v) is 7.07. The van der Waals surface area contributed by atoms with E-state index in [1.807, 2.05) is 43.7 Å². The van der Waals surface area contributed by atoms with Crippen LogP contribution in [0.1, 0.15) is 11.3 Å². The van der Waals surface area contributed by atoms with Crippen LogP contribution in [-0.2, 0) is 13.6 Å². The van der Waals surface area contributed by atoms with Gasteiger partial charge in [-0.15, -0.1) is 0 Å². The van der Waals surface area contributed by atoms with Gasteiger partial charge in [0.15, 0.2) is 0 Å². The smallest absolute Gasteiger partial charge is 0.204 e. The Bertz CT molecular complexity index is 622. The summed E-state index contributed by atoms with van der Waals surface area (Å²) in [5, 5.41) is 3.25. The van der Waals surface area contributed by atoms with Crippen LogP contribution in [-0.4, -0.2) is 23.6 Å². The number of nitrogens with one attached hydrogen (secondary N) is 1. The quantitative estimate of drug-likeness (QED) is 0.926. The van der Waals surface area contributed by atoms with Crippen molar-refractivity contribution >= 4 is 27.6 Å². The first-order chi connectivity index (χ1) is 9.40. The Balaban J connectivity index is 2.15. The van der Waals surface area contributed by atoms with Gasteiger partial charge in [-0.3, -0.25) is 0 Å². The van der Waals surface area contributed by atoms with E-state index < -0.39 is 0 Å². The Labute approximate surface area is 126 Å². The number of benzene rings is 1. The molecule has 0 amide bonds. The van der Waals surface area contributed by atoms with Crippen LogP contribution < -0.4 is 10.2 Å². The molecule has 20 heavy (non-hydrogen) atoms. The highest BCUT2D eigenvalue weighted by atomic mass is 79.9. The lowest BCUT2D eigenvalue weighted by atomic mass is 10.2. The molecule has 2 aromatic rings. The molecule has 0 radical (unpaired) electrons. The molecule has 0 saturated carbocycles. The molecule has 108 valence electrons. The van der Waals surface area contributed by atoms with Crippen molar-refractivity contribution in [3.8, 4) is 0 Å². The summed E-state index contributed by atoms with van der Waals surface area (Å²) in [5.74, 6) is 0.623. The summed E-state index contributed by atoms with van der Waals surface area (Å²) in [5.41, 5.74) is 2.82. The van der Waals surface area contributed by atoms with Gasteiger partial charge in [0.25, 0.3) is 0 Å². The number of aryl methyl sites for hydroxylation is 1. The van der Waals surface area contributed by atoms with Crippen LogP contribution >= 0.6 is 15.9 Å². The predicted molar refractivity (Wildman–Crippen MR) is 83.7 cm³/mol. The van der Waals surface area contributed by atoms with Crippen molar-refractivity contribution in [3.63, 3.8) is 0 Å². The van der Waals surface area contributed by atoms with Gasteiger partial charge >= 0.3 is 0 Å². The molecule has 0 aliphatic heterocycles. The van der Waals surface area contributed by atoms with E-state index in [0.717, 1.165) is 22.9 Å². The van der Waals surface area contributed by atoms with E-state index in [-0.39, 0.29) is 5.82 Å². The fourth-order valence-electron chi connectivity index (χ4n) is 2.04. The average molecular weight is 341 g/mol. The van der Waals surface area contributed by atoms with Crippen molar-refractivity contribution in [1.29, 1.82) is 0 Å². The van der Waals surface area contributed by atoms with Crippen LogP contribution in [0.4, 0.5) is 16.0 Å². The third-order valence-corrected chi connectivity index (χ3v) is 3.79. The molecule has 1 heterocycles. The third kappa shape index (κ3) is 2.95. The Hall–Kier alpha value is -1.56. The number of nitrogens with zero attached hydrogens (tertiary/aromatic N) is 3. The van der Waals surface area contributed by atoms with Crippen molar-refractivity contribution in [2.24, 2.45) is 7.05 Å². The maximum Gasteiger partial charge on any atom is 0.204 e. The highest BCUT2D eigenvalue weighted by molar-refractivity contribution is 9.10. The van der Waals surface area contributed by atoms with Gasteiger partial charge in [0.1, 0.15) is 5.82 Å². The second-order valence-electron chi connectivity index (χ2n) is 4.94. The van der Waals surface area contributed by atoms with Gasteiger partial charge in [-0.1, -0.05) is 0 Å². The predicted octanol–water partition coefficient (Wildman–Crippen LogP) is 3.31. The molecule has 4 nitrogen and oxygen atoms in total. The van der Waals surface area contributed by atoms with Gasteiger partial charge < -0.3 is 14.8 Å². The summed E-state index contributed by atoms with van der Waals surface area (Å²) >= 11 is 3.18. The molecule has 1 aromatic carbocycles. The Morgan fingerprint density at radius 3 is 2.70 bits per heavy atom. The van der Waals surface area contributed by atoms with E-state index in [0.29, 0.717) is 11.0 Å². The number of hydrogen-bond acceptors (Lipinski definition) is 3. The number of anilines is 2. The zero-order chi connectivity index (χ0) is 14.9. The van der Waals surface area contributed by atoms with Crippen molar-refractivity contribution in [2.45, 2.75) is 13.5 Å². The van der Waals surface area contributed by atoms with Gasteiger partial charge in [-0.05, 0) is 40.5 Å². The summed E-state index contributed by atoms with van der Waals surface area (Å²) in [6.07, 6.45) is 1.83. The van der Waals surface area contributed by atoms with E-state index in [1.54, 1.807) is 6.07 Å². The molecule has 1 N–H and O–H groups in total. The van der Waals surface area contributed by atoms with Crippen LogP contribution in [0.15, 0.2) is 22.8 Å². The lowest BCUT2D eigenvalue weighted by molar-refractivity contribution is 0.621. The Morgan fingerprint density at radius 2 is 2.10 bits per heavy atom. The van der Waals surface area contributed by atoms with E-state index in [1.165, 1.54) is 6.07 Å². The summed E-state index contributed by atoms with van der Waals surface area (Å²) in [6, 6.07) is 3.27. The molecule has 1 aromatic heterocycles. The molecule has 2 rings (SSSR count). The summed E-state index contributed by atoms with van der Waals surface area (Å²) < 4.78 is 16.1. The van der Waals surface area contributed by atoms with Crippen molar-refractivity contribution in [1.82, 2.24) is 9.55 Å². The minimum atomic E-state index is -0.267. The summed E-state index contributed by atoms with van der Waals surface area (Å²) in [7, 11) is 5.87. The Morgan fingerprint density at radius 1 is 1.40 bits per heavy atom. The molecule has 0 unspecified atom stereocenters. The topological polar surface area (TPSA) is 33.1 Å². The molecule has 0 saturated heterocycles. The Kier molecular flexibility index (Phi) is 4.32. The zero-order valence-electron chi connectivity index (χ0n) is 12.0. The van der Waals surface area contributed by atoms with E-state index in [2.05, 4.69) is 26.2 Å². The monoisotopic (exact) mass is 340 g/mol. The number of aromatic nitrogens is 2. The van der Waals surface area contributed by atoms with Crippen LogP contribution in [0.3, 0.4) is 0 Å². The highest BCUT2D eigenvalue weighted by Gasteiger charge is 2.09. The summed E-state index contributed by atoms with van der Waals surface area (Å²) in [4.78, 5) is 6.30. The number of halogens is 2. The van der Waals surface area contributed by atoms with Crippen molar-refractivity contribution < 1.29 is 4.39 Å². The molecule has 0 aliphatic carbocycles. The van der Waals surface area contributed by atoms with Crippen LogP contribution in [0.5, 0.6) is 0 Å². The molecule has 0 fully saturated rings. The lowest BCUT2D eigenvalue weighted by Crippen LogP contribution is -2.15. The molecule has 0 bridgehead atoms. The maximum absolute atomic E-state index is 13.6. The van der Waals surface area contributed by atoms with E-state index in [4.69, 9.17) is 0 Å². The number of imidazole rings is 1. The lowest BCUT2D eigenvalue weighted by Gasteiger charge is -2.14. The second-order valence-corrected chi connectivity index (χ2v) is 5.79. The van der Waals surface area contributed by atoms with Gasteiger partial charge in [-0.2, -0.15) is 0 Å². The van der Waals surface area contributed by atoms with Gasteiger partial charge in [0, 0.05) is 26.8 Å². The molecular weight excluding hydrogens is 323 g/mol. The van der Waals surface area contributed by atoms with Gasteiger partial charge in [-0.25, -0.2) is 9.37 Å². The van der Waals surface area contributed by atoms with Crippen LogP contribution in [0, 0.1) is 12.7 Å². The minimum Gasteiger partial charge on any atom is -0.379 e. The molecule has 0 atom stereocenters. The standard InChI is InChI=1S/C14H18BrFN4/c1-9-5-11(15)12(16)6-13(9)17-7-10-8-18-14(19(2)3)20(10)4/h5-6,8,17H,7H2,1-4H3. The molecular formula is C14H18BrFN4. The van der Waals surface area contributed by atoms with Crippen LogP contribution in [0.2, 0.25) is 0 Å². The largest absolute Gasteiger partial charge is 0.379 e. The maximum atomic E-state index is 13.6. The SMILES string of the molecule is Cc1cc(Br)c(F)cc1NCc1cnc(N(C)C)n1C. The zero-order valence-corrected chi connectivity index (χ0v) is 13.6. The van der Waals surface area contributed by atoms with Crippen LogP contribution in [0.25, 0.3) is 0 Å². The summed E-state index contributed by atoms with van der Waals surface area (Å²) in [6.45, 7) is 2.54. The number of hydrogen-bond donors (Lipinski definition) is 1. The minimum absolute atomic E-state index is 0.267. The molecule has 6 heteroatoms. The molecule has 0 aliphatic rings. The van der Waals surface area contributed by atoms with Crippen molar-refractivity contribution in [3.05, 3.63) is 39.9 Å². The first kappa shape index (κ1) is 14.8. The third-order valence-electron chi connectivity index (χ3n) is 3.19. The second kappa shape index (κ2) is 5.83. The first-order valence-electron chi connectivity index (χ1n) is 6.27.